The van der Waals surface area contributed by atoms with E-state index < -0.39 is 0 Å². The lowest BCUT2D eigenvalue weighted by molar-refractivity contribution is 0.517. The first-order chi connectivity index (χ1) is 9.52. The van der Waals surface area contributed by atoms with Crippen molar-refractivity contribution in [2.24, 2.45) is 0 Å². The Balaban J connectivity index is 2.33. The molecule has 0 amide bonds. The van der Waals surface area contributed by atoms with Crippen molar-refractivity contribution in [2.75, 3.05) is 0 Å². The monoisotopic (exact) mass is 347 g/mol. The molecule has 1 aliphatic rings. The van der Waals surface area contributed by atoms with E-state index in [0.29, 0.717) is 5.56 Å². The van der Waals surface area contributed by atoms with Gasteiger partial charge in [-0.2, -0.15) is 10.4 Å². The molecule has 102 valence electrons. The van der Waals surface area contributed by atoms with Crippen LogP contribution >= 0.6 is 27.7 Å². The predicted molar refractivity (Wildman–Crippen MR) is 84.6 cm³/mol. The minimum absolute atomic E-state index is 0.124. The molecule has 0 N–H and O–H groups in total. The van der Waals surface area contributed by atoms with Crippen LogP contribution < -0.4 is 0 Å². The molecular weight excluding hydrogens is 334 g/mol. The van der Waals surface area contributed by atoms with Gasteiger partial charge in [0.2, 0.25) is 0 Å². The van der Waals surface area contributed by atoms with Crippen LogP contribution in [0.2, 0.25) is 0 Å². The van der Waals surface area contributed by atoms with Crippen LogP contribution in [-0.2, 0) is 6.54 Å². The Hall–Kier alpha value is -1.25. The molecule has 1 aromatic heterocycles. The first-order valence-corrected chi connectivity index (χ1v) is 8.06. The standard InChI is InChI=1S/C15H14BrN3S/c1-15(2)6-7-19-14(11(16)9-18-19)13-10(8-17)4-3-5-12(13)20-15/h3-5,9H,6-7H2,1-2H3. The lowest BCUT2D eigenvalue weighted by Gasteiger charge is -2.28. The molecule has 3 rings (SSSR count). The molecule has 0 radical (unpaired) electrons. The summed E-state index contributed by atoms with van der Waals surface area (Å²) in [4.78, 5) is 1.15. The zero-order valence-corrected chi connectivity index (χ0v) is 13.8. The van der Waals surface area contributed by atoms with Gasteiger partial charge in [-0.15, -0.1) is 11.8 Å². The van der Waals surface area contributed by atoms with Gasteiger partial charge in [-0.1, -0.05) is 19.9 Å². The molecule has 1 aromatic carbocycles. The number of thioether (sulfide) groups is 1. The maximum absolute atomic E-state index is 9.44. The Labute approximate surface area is 131 Å². The first-order valence-electron chi connectivity index (χ1n) is 6.46. The molecule has 0 saturated carbocycles. The molecule has 0 spiro atoms. The molecule has 0 bridgehead atoms. The third-order valence-electron chi connectivity index (χ3n) is 3.49. The number of fused-ring (bicyclic) bond motifs is 3. The Morgan fingerprint density at radius 1 is 1.45 bits per heavy atom. The summed E-state index contributed by atoms with van der Waals surface area (Å²) in [7, 11) is 0. The van der Waals surface area contributed by atoms with Crippen molar-refractivity contribution in [3.63, 3.8) is 0 Å². The van der Waals surface area contributed by atoms with Crippen molar-refractivity contribution in [3.05, 3.63) is 34.4 Å². The highest BCUT2D eigenvalue weighted by atomic mass is 79.9. The molecule has 0 atom stereocenters. The van der Waals surface area contributed by atoms with Crippen molar-refractivity contribution in [1.82, 2.24) is 9.78 Å². The molecule has 0 fully saturated rings. The number of nitriles is 1. The van der Waals surface area contributed by atoms with Gasteiger partial charge in [0.15, 0.2) is 0 Å². The summed E-state index contributed by atoms with van der Waals surface area (Å²) in [6, 6.07) is 8.24. The predicted octanol–water partition coefficient (Wildman–Crippen LogP) is 4.46. The number of aryl methyl sites for hydroxylation is 1. The number of benzene rings is 1. The van der Waals surface area contributed by atoms with Gasteiger partial charge in [0.25, 0.3) is 0 Å². The molecule has 0 saturated heterocycles. The minimum Gasteiger partial charge on any atom is -0.264 e. The molecule has 0 unspecified atom stereocenters. The van der Waals surface area contributed by atoms with Gasteiger partial charge in [-0.05, 0) is 34.5 Å². The van der Waals surface area contributed by atoms with Gasteiger partial charge in [0, 0.05) is 21.8 Å². The number of hydrogen-bond acceptors (Lipinski definition) is 3. The molecule has 3 nitrogen and oxygen atoms in total. The van der Waals surface area contributed by atoms with Crippen molar-refractivity contribution in [3.8, 4) is 17.3 Å². The smallest absolute Gasteiger partial charge is 0.0999 e. The third kappa shape index (κ3) is 2.27. The fourth-order valence-electron chi connectivity index (χ4n) is 2.46. The van der Waals surface area contributed by atoms with Crippen molar-refractivity contribution in [1.29, 1.82) is 5.26 Å². The highest BCUT2D eigenvalue weighted by molar-refractivity contribution is 9.10. The van der Waals surface area contributed by atoms with Gasteiger partial charge in [-0.3, -0.25) is 4.68 Å². The van der Waals surface area contributed by atoms with E-state index in [1.54, 1.807) is 0 Å². The Bertz CT molecular complexity index is 712. The van der Waals surface area contributed by atoms with Crippen LogP contribution in [0.25, 0.3) is 11.3 Å². The Kier molecular flexibility index (Phi) is 3.39. The van der Waals surface area contributed by atoms with E-state index in [4.69, 9.17) is 0 Å². The van der Waals surface area contributed by atoms with Crippen molar-refractivity contribution in [2.45, 2.75) is 36.5 Å². The van der Waals surface area contributed by atoms with E-state index in [1.165, 1.54) is 0 Å². The van der Waals surface area contributed by atoms with Gasteiger partial charge in [0.05, 0.1) is 28.0 Å². The maximum Gasteiger partial charge on any atom is 0.0999 e. The molecular formula is C15H14BrN3S. The SMILES string of the molecule is CC1(C)CCn2ncc(Br)c2-c2c(C#N)cccc2S1. The van der Waals surface area contributed by atoms with E-state index in [2.05, 4.69) is 47.0 Å². The number of aromatic nitrogens is 2. The number of rotatable bonds is 0. The summed E-state index contributed by atoms with van der Waals surface area (Å²) in [5.41, 5.74) is 2.72. The van der Waals surface area contributed by atoms with Crippen molar-refractivity contribution < 1.29 is 0 Å². The van der Waals surface area contributed by atoms with E-state index in [9.17, 15) is 5.26 Å². The van der Waals surface area contributed by atoms with E-state index in [1.807, 2.05) is 34.8 Å². The average molecular weight is 348 g/mol. The third-order valence-corrected chi connectivity index (χ3v) is 5.39. The minimum atomic E-state index is 0.124. The fourth-order valence-corrected chi connectivity index (χ4v) is 4.20. The maximum atomic E-state index is 9.44. The van der Waals surface area contributed by atoms with E-state index in [-0.39, 0.29) is 4.75 Å². The van der Waals surface area contributed by atoms with Gasteiger partial charge in [-0.25, -0.2) is 0 Å². The molecule has 5 heteroatoms. The summed E-state index contributed by atoms with van der Waals surface area (Å²) >= 11 is 5.41. The second-order valence-corrected chi connectivity index (χ2v) is 8.07. The number of nitrogens with zero attached hydrogens (tertiary/aromatic N) is 3. The molecule has 2 heterocycles. The highest BCUT2D eigenvalue weighted by Gasteiger charge is 2.28. The topological polar surface area (TPSA) is 41.6 Å². The zero-order valence-electron chi connectivity index (χ0n) is 11.4. The van der Waals surface area contributed by atoms with Gasteiger partial charge >= 0.3 is 0 Å². The molecule has 2 aromatic rings. The quantitative estimate of drug-likeness (QED) is 0.706. The van der Waals surface area contributed by atoms with E-state index in [0.717, 1.165) is 33.6 Å². The number of halogens is 1. The average Bonchev–Trinajstić information content (AvgIpc) is 2.75. The second kappa shape index (κ2) is 4.94. The summed E-state index contributed by atoms with van der Waals surface area (Å²) in [5, 5.41) is 13.9. The van der Waals surface area contributed by atoms with Crippen LogP contribution in [0.5, 0.6) is 0 Å². The fraction of sp³-hybridized carbons (Fsp3) is 0.333. The molecule has 0 aliphatic carbocycles. The van der Waals surface area contributed by atoms with Gasteiger partial charge in [0.1, 0.15) is 0 Å². The van der Waals surface area contributed by atoms with Crippen LogP contribution in [0.4, 0.5) is 0 Å². The molecule has 20 heavy (non-hydrogen) atoms. The van der Waals surface area contributed by atoms with E-state index >= 15 is 0 Å². The lowest BCUT2D eigenvalue weighted by atomic mass is 10.0. The molecule has 1 aliphatic heterocycles. The Morgan fingerprint density at radius 3 is 3.00 bits per heavy atom. The first kappa shape index (κ1) is 13.7. The van der Waals surface area contributed by atoms with Gasteiger partial charge < -0.3 is 0 Å². The van der Waals surface area contributed by atoms with Crippen molar-refractivity contribution >= 4 is 27.7 Å². The summed E-state index contributed by atoms with van der Waals surface area (Å²) in [5.74, 6) is 0. The van der Waals surface area contributed by atoms with Crippen LogP contribution in [0, 0.1) is 11.3 Å². The normalized spacial score (nSPS) is 16.5. The Morgan fingerprint density at radius 2 is 2.25 bits per heavy atom. The summed E-state index contributed by atoms with van der Waals surface area (Å²) in [6.07, 6.45) is 2.85. The van der Waals surface area contributed by atoms with Crippen LogP contribution in [0.1, 0.15) is 25.8 Å². The number of hydrogen-bond donors (Lipinski definition) is 0. The zero-order chi connectivity index (χ0) is 14.3. The lowest BCUT2D eigenvalue weighted by Crippen LogP contribution is -2.21. The highest BCUT2D eigenvalue weighted by Crippen LogP contribution is 2.45. The van der Waals surface area contributed by atoms with Crippen LogP contribution in [-0.4, -0.2) is 14.5 Å². The van der Waals surface area contributed by atoms with Crippen LogP contribution in [0.3, 0.4) is 0 Å². The summed E-state index contributed by atoms with van der Waals surface area (Å²) in [6.45, 7) is 5.34. The summed E-state index contributed by atoms with van der Waals surface area (Å²) < 4.78 is 3.08. The second-order valence-electron chi connectivity index (χ2n) is 5.47. The van der Waals surface area contributed by atoms with Crippen LogP contribution in [0.15, 0.2) is 33.8 Å². The largest absolute Gasteiger partial charge is 0.264 e.